The highest BCUT2D eigenvalue weighted by Crippen LogP contribution is 2.23. The molecule has 0 spiro atoms. The zero-order valence-electron chi connectivity index (χ0n) is 6.67. The van der Waals surface area contributed by atoms with Crippen LogP contribution < -0.4 is 5.73 Å². The van der Waals surface area contributed by atoms with Gasteiger partial charge in [0.15, 0.2) is 5.22 Å². The fourth-order valence-corrected chi connectivity index (χ4v) is 1.05. The van der Waals surface area contributed by atoms with Crippen LogP contribution in [0.15, 0.2) is 16.7 Å². The molecule has 0 radical (unpaired) electrons. The summed E-state index contributed by atoms with van der Waals surface area (Å²) in [4.78, 5) is 0. The predicted octanol–water partition coefficient (Wildman–Crippen LogP) is 2.59. The molecule has 1 atom stereocenters. The van der Waals surface area contributed by atoms with Crippen LogP contribution in [0.5, 0.6) is 0 Å². The largest absolute Gasteiger partial charge is 0.453 e. The quantitative estimate of drug-likeness (QED) is 0.747. The maximum absolute atomic E-state index is 5.83. The van der Waals surface area contributed by atoms with E-state index in [9.17, 15) is 0 Å². The number of hydrogen-bond acceptors (Lipinski definition) is 2. The monoisotopic (exact) mass is 173 g/mol. The van der Waals surface area contributed by atoms with Gasteiger partial charge in [-0.25, -0.2) is 0 Å². The van der Waals surface area contributed by atoms with Crippen LogP contribution in [-0.2, 0) is 0 Å². The number of halogens is 1. The van der Waals surface area contributed by atoms with Crippen molar-refractivity contribution in [3.8, 4) is 0 Å². The normalized spacial score (nSPS) is 13.9. The van der Waals surface area contributed by atoms with Crippen molar-refractivity contribution in [2.24, 2.45) is 11.7 Å². The Hall–Kier alpha value is -0.470. The van der Waals surface area contributed by atoms with Gasteiger partial charge in [-0.15, -0.1) is 0 Å². The molecule has 0 amide bonds. The van der Waals surface area contributed by atoms with Crippen LogP contribution in [-0.4, -0.2) is 0 Å². The van der Waals surface area contributed by atoms with E-state index in [4.69, 9.17) is 21.8 Å². The molecule has 1 aromatic heterocycles. The maximum atomic E-state index is 5.83. The lowest BCUT2D eigenvalue weighted by molar-refractivity contribution is 0.501. The van der Waals surface area contributed by atoms with Gasteiger partial charge in [0.05, 0.1) is 6.26 Å². The summed E-state index contributed by atoms with van der Waals surface area (Å²) in [7, 11) is 0. The molecule has 11 heavy (non-hydrogen) atoms. The summed E-state index contributed by atoms with van der Waals surface area (Å²) in [5.41, 5.74) is 6.80. The average Bonchev–Trinajstić information content (AvgIpc) is 2.34. The number of furan rings is 1. The van der Waals surface area contributed by atoms with Crippen molar-refractivity contribution in [1.29, 1.82) is 0 Å². The summed E-state index contributed by atoms with van der Waals surface area (Å²) in [5.74, 6) is 0.406. The standard InChI is InChI=1S/C8H12ClNO/c1-5(2)8(10)6-3-7(9)11-4-6/h3-5,8H,10H2,1-2H3/t8-/m1/s1. The Kier molecular flexibility index (Phi) is 2.58. The second kappa shape index (κ2) is 3.28. The van der Waals surface area contributed by atoms with E-state index in [1.807, 2.05) is 0 Å². The number of hydrogen-bond donors (Lipinski definition) is 1. The SMILES string of the molecule is CC(C)[C@@H](N)c1coc(Cl)c1. The molecule has 1 heterocycles. The molecule has 3 heteroatoms. The van der Waals surface area contributed by atoms with E-state index in [0.29, 0.717) is 11.1 Å². The summed E-state index contributed by atoms with van der Waals surface area (Å²) in [6.45, 7) is 4.12. The molecule has 0 saturated carbocycles. The fraction of sp³-hybridized carbons (Fsp3) is 0.500. The highest BCUT2D eigenvalue weighted by atomic mass is 35.5. The second-order valence-electron chi connectivity index (χ2n) is 2.95. The first-order valence-electron chi connectivity index (χ1n) is 3.60. The lowest BCUT2D eigenvalue weighted by Gasteiger charge is -2.12. The van der Waals surface area contributed by atoms with Gasteiger partial charge in [-0.05, 0) is 17.5 Å². The third kappa shape index (κ3) is 1.98. The first kappa shape index (κ1) is 8.62. The Balaban J connectivity index is 2.76. The van der Waals surface area contributed by atoms with Gasteiger partial charge in [-0.3, -0.25) is 0 Å². The van der Waals surface area contributed by atoms with Crippen LogP contribution >= 0.6 is 11.6 Å². The molecule has 0 aliphatic rings. The van der Waals surface area contributed by atoms with Crippen LogP contribution in [0.1, 0.15) is 25.5 Å². The van der Waals surface area contributed by atoms with Crippen molar-refractivity contribution in [3.05, 3.63) is 23.1 Å². The molecule has 0 saturated heterocycles. The smallest absolute Gasteiger partial charge is 0.193 e. The van der Waals surface area contributed by atoms with Crippen LogP contribution in [0.4, 0.5) is 0 Å². The molecular weight excluding hydrogens is 162 g/mol. The second-order valence-corrected chi connectivity index (χ2v) is 3.33. The molecule has 2 N–H and O–H groups in total. The average molecular weight is 174 g/mol. The van der Waals surface area contributed by atoms with Gasteiger partial charge in [-0.1, -0.05) is 13.8 Å². The Morgan fingerprint density at radius 1 is 1.55 bits per heavy atom. The molecule has 0 aromatic carbocycles. The van der Waals surface area contributed by atoms with E-state index in [0.717, 1.165) is 5.56 Å². The molecule has 1 rings (SSSR count). The highest BCUT2D eigenvalue weighted by Gasteiger charge is 2.12. The lowest BCUT2D eigenvalue weighted by Crippen LogP contribution is -2.15. The third-order valence-electron chi connectivity index (χ3n) is 1.69. The molecule has 0 aliphatic carbocycles. The van der Waals surface area contributed by atoms with Crippen LogP contribution in [0.25, 0.3) is 0 Å². The van der Waals surface area contributed by atoms with E-state index in [-0.39, 0.29) is 6.04 Å². The Labute approximate surface area is 71.3 Å². The van der Waals surface area contributed by atoms with E-state index in [1.165, 1.54) is 0 Å². The third-order valence-corrected chi connectivity index (χ3v) is 1.89. The van der Waals surface area contributed by atoms with Gasteiger partial charge < -0.3 is 10.2 Å². The first-order chi connectivity index (χ1) is 5.11. The molecule has 0 unspecified atom stereocenters. The summed E-state index contributed by atoms with van der Waals surface area (Å²) in [6.07, 6.45) is 1.60. The van der Waals surface area contributed by atoms with Crippen LogP contribution in [0, 0.1) is 5.92 Å². The topological polar surface area (TPSA) is 39.2 Å². The van der Waals surface area contributed by atoms with Gasteiger partial charge in [-0.2, -0.15) is 0 Å². The lowest BCUT2D eigenvalue weighted by atomic mass is 10.00. The van der Waals surface area contributed by atoms with Crippen LogP contribution in [0.3, 0.4) is 0 Å². The summed E-state index contributed by atoms with van der Waals surface area (Å²) in [6, 6.07) is 1.78. The van der Waals surface area contributed by atoms with Gasteiger partial charge >= 0.3 is 0 Å². The summed E-state index contributed by atoms with van der Waals surface area (Å²) < 4.78 is 4.92. The van der Waals surface area contributed by atoms with Gasteiger partial charge in [0, 0.05) is 17.7 Å². The van der Waals surface area contributed by atoms with Crippen LogP contribution in [0.2, 0.25) is 5.22 Å². The van der Waals surface area contributed by atoms with Crippen molar-refractivity contribution in [3.63, 3.8) is 0 Å². The van der Waals surface area contributed by atoms with Crippen molar-refractivity contribution in [1.82, 2.24) is 0 Å². The number of rotatable bonds is 2. The minimum atomic E-state index is 0.0197. The minimum absolute atomic E-state index is 0.0197. The molecular formula is C8H12ClNO. The summed E-state index contributed by atoms with van der Waals surface area (Å²) in [5, 5.41) is 0.399. The highest BCUT2D eigenvalue weighted by molar-refractivity contribution is 6.28. The van der Waals surface area contributed by atoms with Crippen molar-refractivity contribution < 1.29 is 4.42 Å². The summed E-state index contributed by atoms with van der Waals surface area (Å²) >= 11 is 5.59. The Morgan fingerprint density at radius 3 is 2.55 bits per heavy atom. The van der Waals surface area contributed by atoms with Gasteiger partial charge in [0.25, 0.3) is 0 Å². The Bertz CT molecular complexity index is 232. The zero-order valence-corrected chi connectivity index (χ0v) is 7.43. The zero-order chi connectivity index (χ0) is 8.43. The van der Waals surface area contributed by atoms with Crippen molar-refractivity contribution in [2.45, 2.75) is 19.9 Å². The van der Waals surface area contributed by atoms with E-state index < -0.39 is 0 Å². The maximum Gasteiger partial charge on any atom is 0.193 e. The Morgan fingerprint density at radius 2 is 2.18 bits per heavy atom. The molecule has 1 aromatic rings. The van der Waals surface area contributed by atoms with E-state index >= 15 is 0 Å². The van der Waals surface area contributed by atoms with Gasteiger partial charge in [0.1, 0.15) is 0 Å². The predicted molar refractivity (Wildman–Crippen MR) is 45.5 cm³/mol. The molecule has 62 valence electrons. The van der Waals surface area contributed by atoms with Crippen molar-refractivity contribution in [2.75, 3.05) is 0 Å². The fourth-order valence-electron chi connectivity index (χ4n) is 0.883. The van der Waals surface area contributed by atoms with Gasteiger partial charge in [0.2, 0.25) is 0 Å². The molecule has 0 aliphatic heterocycles. The molecule has 0 fully saturated rings. The van der Waals surface area contributed by atoms with E-state index in [1.54, 1.807) is 12.3 Å². The van der Waals surface area contributed by atoms with E-state index in [2.05, 4.69) is 13.8 Å². The molecule has 2 nitrogen and oxygen atoms in total. The van der Waals surface area contributed by atoms with Crippen molar-refractivity contribution >= 4 is 11.6 Å². The molecule has 0 bridgehead atoms. The first-order valence-corrected chi connectivity index (χ1v) is 3.98. The minimum Gasteiger partial charge on any atom is -0.453 e. The number of nitrogens with two attached hydrogens (primary N) is 1.